The highest BCUT2D eigenvalue weighted by Gasteiger charge is 2.20. The van der Waals surface area contributed by atoms with Crippen molar-refractivity contribution in [3.05, 3.63) is 66.7 Å². The molecule has 2 N–H and O–H groups in total. The average Bonchev–Trinajstić information content (AvgIpc) is 3.05. The molecule has 4 aromatic rings. The third-order valence-corrected chi connectivity index (χ3v) is 6.09. The van der Waals surface area contributed by atoms with Crippen molar-refractivity contribution >= 4 is 32.4 Å². The number of hydrogen-bond donors (Lipinski definition) is 2. The second kappa shape index (κ2) is 7.21. The van der Waals surface area contributed by atoms with Gasteiger partial charge in [0.25, 0.3) is 10.0 Å². The lowest BCUT2D eigenvalue weighted by atomic mass is 10.0. The highest BCUT2D eigenvalue weighted by atomic mass is 32.2. The second-order valence-electron chi connectivity index (χ2n) is 6.95. The molecule has 0 fully saturated rings. The Labute approximate surface area is 169 Å². The van der Waals surface area contributed by atoms with Gasteiger partial charge < -0.3 is 9.88 Å². The molecule has 0 saturated carbocycles. The van der Waals surface area contributed by atoms with Gasteiger partial charge in [0.05, 0.1) is 27.9 Å². The van der Waals surface area contributed by atoms with E-state index >= 15 is 0 Å². The standard InChI is InChI=1S/C21H21N5O2S/c1-14-19(15-11-16(26(2)3)13-22-12-15)20-18(9-10-23-21(20)24-14)25-29(27,28)17-7-5-4-6-8-17/h4-13H,1-3H3,(H2,23,24,25). The van der Waals surface area contributed by atoms with Crippen LogP contribution in [-0.4, -0.2) is 37.5 Å². The number of H-pyrrole nitrogens is 1. The second-order valence-corrected chi connectivity index (χ2v) is 8.63. The number of hydrogen-bond acceptors (Lipinski definition) is 5. The zero-order chi connectivity index (χ0) is 20.6. The molecule has 0 unspecified atom stereocenters. The van der Waals surface area contributed by atoms with Crippen molar-refractivity contribution in [1.82, 2.24) is 15.0 Å². The summed E-state index contributed by atoms with van der Waals surface area (Å²) in [5, 5.41) is 0.710. The molecule has 0 spiro atoms. The van der Waals surface area contributed by atoms with E-state index in [2.05, 4.69) is 19.7 Å². The molecule has 4 rings (SSSR count). The van der Waals surface area contributed by atoms with Gasteiger partial charge in [0, 0.05) is 43.3 Å². The zero-order valence-electron chi connectivity index (χ0n) is 16.3. The van der Waals surface area contributed by atoms with Gasteiger partial charge in [0.15, 0.2) is 0 Å². The molecule has 7 nitrogen and oxygen atoms in total. The Morgan fingerprint density at radius 3 is 2.55 bits per heavy atom. The summed E-state index contributed by atoms with van der Waals surface area (Å²) in [6, 6.07) is 12.0. The molecule has 0 bridgehead atoms. The molecule has 1 aromatic carbocycles. The molecule has 0 aliphatic heterocycles. The fourth-order valence-corrected chi connectivity index (χ4v) is 4.39. The van der Waals surface area contributed by atoms with Gasteiger partial charge in [0.1, 0.15) is 5.65 Å². The first kappa shape index (κ1) is 18.9. The molecule has 29 heavy (non-hydrogen) atoms. The van der Waals surface area contributed by atoms with E-state index in [0.29, 0.717) is 16.7 Å². The van der Waals surface area contributed by atoms with Crippen LogP contribution in [0.3, 0.4) is 0 Å². The number of fused-ring (bicyclic) bond motifs is 1. The number of nitrogens with zero attached hydrogens (tertiary/aromatic N) is 3. The molecule has 0 aliphatic carbocycles. The topological polar surface area (TPSA) is 91.0 Å². The van der Waals surface area contributed by atoms with Crippen molar-refractivity contribution < 1.29 is 8.42 Å². The molecule has 0 radical (unpaired) electrons. The third kappa shape index (κ3) is 3.54. The van der Waals surface area contributed by atoms with Gasteiger partial charge in [-0.05, 0) is 31.2 Å². The molecule has 8 heteroatoms. The predicted molar refractivity (Wildman–Crippen MR) is 116 cm³/mol. The van der Waals surface area contributed by atoms with Crippen LogP contribution in [0, 0.1) is 6.92 Å². The summed E-state index contributed by atoms with van der Waals surface area (Å²) < 4.78 is 28.5. The SMILES string of the molecule is Cc1[nH]c2nccc(NS(=O)(=O)c3ccccc3)c2c1-c1cncc(N(C)C)c1. The maximum Gasteiger partial charge on any atom is 0.261 e. The number of benzene rings is 1. The number of aryl methyl sites for hydroxylation is 1. The van der Waals surface area contributed by atoms with Crippen LogP contribution in [0.2, 0.25) is 0 Å². The molecule has 0 saturated heterocycles. The summed E-state index contributed by atoms with van der Waals surface area (Å²) in [6.45, 7) is 1.94. The Hall–Kier alpha value is -3.39. The van der Waals surface area contributed by atoms with E-state index in [1.54, 1.807) is 55.0 Å². The van der Waals surface area contributed by atoms with Gasteiger partial charge in [-0.1, -0.05) is 18.2 Å². The maximum absolute atomic E-state index is 12.9. The minimum absolute atomic E-state index is 0.204. The Balaban J connectivity index is 1.88. The van der Waals surface area contributed by atoms with Crippen LogP contribution < -0.4 is 9.62 Å². The first-order valence-corrected chi connectivity index (χ1v) is 10.5. The van der Waals surface area contributed by atoms with Crippen LogP contribution in [0.15, 0.2) is 66.0 Å². The summed E-state index contributed by atoms with van der Waals surface area (Å²) in [7, 11) is 0.165. The fourth-order valence-electron chi connectivity index (χ4n) is 3.30. The van der Waals surface area contributed by atoms with E-state index in [4.69, 9.17) is 0 Å². The van der Waals surface area contributed by atoms with E-state index in [-0.39, 0.29) is 4.90 Å². The van der Waals surface area contributed by atoms with Gasteiger partial charge in [-0.3, -0.25) is 9.71 Å². The van der Waals surface area contributed by atoms with E-state index in [1.165, 1.54) is 0 Å². The number of aromatic amines is 1. The smallest absolute Gasteiger partial charge is 0.261 e. The lowest BCUT2D eigenvalue weighted by molar-refractivity contribution is 0.601. The van der Waals surface area contributed by atoms with Gasteiger partial charge in [0.2, 0.25) is 0 Å². The number of sulfonamides is 1. The van der Waals surface area contributed by atoms with Gasteiger partial charge in [-0.2, -0.15) is 0 Å². The van der Waals surface area contributed by atoms with Crippen molar-refractivity contribution in [2.45, 2.75) is 11.8 Å². The summed E-state index contributed by atoms with van der Waals surface area (Å²) in [5.74, 6) is 0. The monoisotopic (exact) mass is 407 g/mol. The zero-order valence-corrected chi connectivity index (χ0v) is 17.2. The van der Waals surface area contributed by atoms with Crippen LogP contribution in [0.1, 0.15) is 5.69 Å². The van der Waals surface area contributed by atoms with Crippen molar-refractivity contribution in [2.75, 3.05) is 23.7 Å². The summed E-state index contributed by atoms with van der Waals surface area (Å²) in [4.78, 5) is 14.2. The molecule has 148 valence electrons. The molecular formula is C21H21N5O2S. The summed E-state index contributed by atoms with van der Waals surface area (Å²) in [5.41, 5.74) is 4.67. The molecule has 3 aromatic heterocycles. The largest absolute Gasteiger partial charge is 0.376 e. The minimum atomic E-state index is -3.73. The number of nitrogens with one attached hydrogen (secondary N) is 2. The lowest BCUT2D eigenvalue weighted by Gasteiger charge is -2.14. The molecule has 0 atom stereocenters. The van der Waals surface area contributed by atoms with Crippen LogP contribution in [0.5, 0.6) is 0 Å². The van der Waals surface area contributed by atoms with Crippen molar-refractivity contribution in [3.8, 4) is 11.1 Å². The maximum atomic E-state index is 12.9. The van der Waals surface area contributed by atoms with Crippen LogP contribution >= 0.6 is 0 Å². The first-order chi connectivity index (χ1) is 13.9. The normalized spacial score (nSPS) is 11.6. The van der Waals surface area contributed by atoms with Crippen molar-refractivity contribution in [2.24, 2.45) is 0 Å². The van der Waals surface area contributed by atoms with E-state index in [1.807, 2.05) is 32.0 Å². The number of rotatable bonds is 5. The molecule has 0 aliphatic rings. The van der Waals surface area contributed by atoms with Gasteiger partial charge in [-0.25, -0.2) is 13.4 Å². The number of pyridine rings is 2. The highest BCUT2D eigenvalue weighted by molar-refractivity contribution is 7.92. The molecular weight excluding hydrogens is 386 g/mol. The van der Waals surface area contributed by atoms with Gasteiger partial charge in [-0.15, -0.1) is 0 Å². The van der Waals surface area contributed by atoms with Crippen LogP contribution in [0.4, 0.5) is 11.4 Å². The Morgan fingerprint density at radius 2 is 1.83 bits per heavy atom. The first-order valence-electron chi connectivity index (χ1n) is 9.05. The third-order valence-electron chi connectivity index (χ3n) is 4.71. The van der Waals surface area contributed by atoms with Crippen molar-refractivity contribution in [3.63, 3.8) is 0 Å². The molecule has 3 heterocycles. The van der Waals surface area contributed by atoms with E-state index in [9.17, 15) is 8.42 Å². The number of aromatic nitrogens is 3. The summed E-state index contributed by atoms with van der Waals surface area (Å²) >= 11 is 0. The predicted octanol–water partition coefficient (Wildman–Crippen LogP) is 3.80. The molecule has 0 amide bonds. The average molecular weight is 407 g/mol. The summed E-state index contributed by atoms with van der Waals surface area (Å²) in [6.07, 6.45) is 5.13. The Morgan fingerprint density at radius 1 is 1.07 bits per heavy atom. The lowest BCUT2D eigenvalue weighted by Crippen LogP contribution is -2.13. The van der Waals surface area contributed by atoms with Gasteiger partial charge >= 0.3 is 0 Å². The van der Waals surface area contributed by atoms with E-state index in [0.717, 1.165) is 22.5 Å². The quantitative estimate of drug-likeness (QED) is 0.525. The Kier molecular flexibility index (Phi) is 4.71. The Bertz CT molecular complexity index is 1280. The highest BCUT2D eigenvalue weighted by Crippen LogP contribution is 2.37. The fraction of sp³-hybridized carbons (Fsp3) is 0.143. The van der Waals surface area contributed by atoms with Crippen molar-refractivity contribution in [1.29, 1.82) is 0 Å². The number of anilines is 2. The van der Waals surface area contributed by atoms with E-state index < -0.39 is 10.0 Å². The van der Waals surface area contributed by atoms with Crippen LogP contribution in [0.25, 0.3) is 22.2 Å². The minimum Gasteiger partial charge on any atom is -0.376 e. The van der Waals surface area contributed by atoms with Crippen LogP contribution in [-0.2, 0) is 10.0 Å².